The zero-order chi connectivity index (χ0) is 7.35. The van der Waals surface area contributed by atoms with Crippen molar-refractivity contribution in [3.63, 3.8) is 0 Å². The Morgan fingerprint density at radius 3 is 1.85 bits per heavy atom. The molecule has 0 aromatic rings. The Morgan fingerprint density at radius 2 is 1.69 bits per heavy atom. The average Bonchev–Trinajstić information content (AvgIpc) is 2.56. The third-order valence-electron chi connectivity index (χ3n) is 4.14. The summed E-state index contributed by atoms with van der Waals surface area (Å²) in [6, 6.07) is 0. The average molecular weight is 186 g/mol. The van der Waals surface area contributed by atoms with Gasteiger partial charge in [0.2, 0.25) is 0 Å². The molecular weight excluding hydrogens is 156 g/mol. The van der Waals surface area contributed by atoms with Crippen LogP contribution in [-0.2, 0) is 0 Å². The van der Waals surface area contributed by atoms with Crippen LogP contribution in [0.4, 0.5) is 0 Å². The van der Waals surface area contributed by atoms with Crippen molar-refractivity contribution in [3.8, 4) is 0 Å². The summed E-state index contributed by atoms with van der Waals surface area (Å²) >= 11 is 0. The standard InChI is InChI=1S/C10H18.3CH4/c1-7(2)10(3)5-4-8-6-9(8)10;;;/h7-9H,4-6H2,1-3H3;3*1H4. The van der Waals surface area contributed by atoms with Gasteiger partial charge in [0, 0.05) is 0 Å². The van der Waals surface area contributed by atoms with E-state index in [9.17, 15) is 0 Å². The molecule has 3 unspecified atom stereocenters. The van der Waals surface area contributed by atoms with Gasteiger partial charge in [-0.3, -0.25) is 0 Å². The van der Waals surface area contributed by atoms with Crippen molar-refractivity contribution >= 4 is 0 Å². The highest BCUT2D eigenvalue weighted by atomic mass is 14.6. The normalized spacial score (nSPS) is 39.7. The molecule has 0 N–H and O–H groups in total. The summed E-state index contributed by atoms with van der Waals surface area (Å²) in [6.45, 7) is 7.27. The van der Waals surface area contributed by atoms with Gasteiger partial charge in [-0.25, -0.2) is 0 Å². The molecule has 3 atom stereocenters. The molecule has 0 nitrogen and oxygen atoms in total. The Morgan fingerprint density at radius 1 is 1.15 bits per heavy atom. The Balaban J connectivity index is 0. The molecule has 2 aliphatic carbocycles. The Hall–Kier alpha value is 0. The van der Waals surface area contributed by atoms with Crippen molar-refractivity contribution in [2.75, 3.05) is 0 Å². The number of hydrogen-bond donors (Lipinski definition) is 0. The van der Waals surface area contributed by atoms with E-state index in [4.69, 9.17) is 0 Å². The maximum atomic E-state index is 2.50. The largest absolute Gasteiger partial charge is 0.0776 e. The third-order valence-corrected chi connectivity index (χ3v) is 4.14. The second kappa shape index (κ2) is 4.48. The lowest BCUT2D eigenvalue weighted by Gasteiger charge is -2.30. The molecule has 0 heterocycles. The molecule has 0 heteroatoms. The molecule has 0 saturated heterocycles. The Bertz CT molecular complexity index is 148. The number of fused-ring (bicyclic) bond motifs is 1. The Kier molecular flexibility index (Phi) is 5.33. The predicted molar refractivity (Wildman–Crippen MR) is 64.0 cm³/mol. The van der Waals surface area contributed by atoms with Gasteiger partial charge in [-0.2, -0.15) is 0 Å². The lowest BCUT2D eigenvalue weighted by Crippen LogP contribution is -2.22. The quantitative estimate of drug-likeness (QED) is 0.541. The molecule has 2 saturated carbocycles. The van der Waals surface area contributed by atoms with Crippen LogP contribution in [0.15, 0.2) is 0 Å². The van der Waals surface area contributed by atoms with E-state index in [2.05, 4.69) is 20.8 Å². The fourth-order valence-electron chi connectivity index (χ4n) is 2.77. The fraction of sp³-hybridized carbons (Fsp3) is 1.00. The van der Waals surface area contributed by atoms with Gasteiger partial charge in [-0.15, -0.1) is 0 Å². The summed E-state index contributed by atoms with van der Waals surface area (Å²) in [4.78, 5) is 0. The molecular formula is C13H30. The maximum Gasteiger partial charge on any atom is -0.0272 e. The molecule has 0 bridgehead atoms. The first-order valence-corrected chi connectivity index (χ1v) is 4.64. The topological polar surface area (TPSA) is 0 Å². The first-order valence-electron chi connectivity index (χ1n) is 4.64. The molecule has 13 heavy (non-hydrogen) atoms. The molecule has 0 aromatic carbocycles. The first-order chi connectivity index (χ1) is 4.64. The highest BCUT2D eigenvalue weighted by molar-refractivity contribution is 5.05. The van der Waals surface area contributed by atoms with Gasteiger partial charge in [0.25, 0.3) is 0 Å². The van der Waals surface area contributed by atoms with Crippen molar-refractivity contribution in [3.05, 3.63) is 0 Å². The van der Waals surface area contributed by atoms with Crippen molar-refractivity contribution < 1.29 is 0 Å². The second-order valence-corrected chi connectivity index (χ2v) is 4.80. The van der Waals surface area contributed by atoms with Crippen molar-refractivity contribution in [1.82, 2.24) is 0 Å². The summed E-state index contributed by atoms with van der Waals surface area (Å²) < 4.78 is 0. The minimum atomic E-state index is 0. The highest BCUT2D eigenvalue weighted by Crippen LogP contribution is 2.64. The van der Waals surface area contributed by atoms with E-state index in [1.807, 2.05) is 0 Å². The van der Waals surface area contributed by atoms with E-state index in [1.165, 1.54) is 12.8 Å². The van der Waals surface area contributed by atoms with E-state index in [1.54, 1.807) is 6.42 Å². The Labute approximate surface area is 86.1 Å². The monoisotopic (exact) mass is 186 g/mol. The van der Waals surface area contributed by atoms with E-state index in [0.29, 0.717) is 0 Å². The number of hydrogen-bond acceptors (Lipinski definition) is 0. The summed E-state index contributed by atoms with van der Waals surface area (Å²) in [5.41, 5.74) is 0.727. The molecule has 0 spiro atoms. The lowest BCUT2D eigenvalue weighted by atomic mass is 9.75. The van der Waals surface area contributed by atoms with Crippen LogP contribution in [0.2, 0.25) is 0 Å². The van der Waals surface area contributed by atoms with Gasteiger partial charge in [-0.05, 0) is 42.4 Å². The van der Waals surface area contributed by atoms with Crippen LogP contribution in [0.1, 0.15) is 62.3 Å². The van der Waals surface area contributed by atoms with Gasteiger partial charge in [0.1, 0.15) is 0 Å². The van der Waals surface area contributed by atoms with Crippen molar-refractivity contribution in [2.24, 2.45) is 23.2 Å². The minimum Gasteiger partial charge on any atom is -0.0776 e. The molecule has 0 aliphatic heterocycles. The third kappa shape index (κ3) is 2.08. The van der Waals surface area contributed by atoms with Crippen molar-refractivity contribution in [1.29, 1.82) is 0 Å². The minimum absolute atomic E-state index is 0. The summed E-state index contributed by atoms with van der Waals surface area (Å²) in [5.74, 6) is 3.17. The van der Waals surface area contributed by atoms with Gasteiger partial charge in [0.05, 0.1) is 0 Å². The summed E-state index contributed by atoms with van der Waals surface area (Å²) in [7, 11) is 0. The summed E-state index contributed by atoms with van der Waals surface area (Å²) in [6.07, 6.45) is 4.58. The van der Waals surface area contributed by atoms with Gasteiger partial charge >= 0.3 is 0 Å². The van der Waals surface area contributed by atoms with E-state index in [-0.39, 0.29) is 22.3 Å². The SMILES string of the molecule is C.C.C.CC(C)C1(C)CCC2CC21. The zero-order valence-electron chi connectivity index (χ0n) is 7.35. The van der Waals surface area contributed by atoms with Crippen LogP contribution in [-0.4, -0.2) is 0 Å². The van der Waals surface area contributed by atoms with Crippen LogP contribution in [0.3, 0.4) is 0 Å². The van der Waals surface area contributed by atoms with Gasteiger partial charge < -0.3 is 0 Å². The van der Waals surface area contributed by atoms with E-state index in [0.717, 1.165) is 23.2 Å². The van der Waals surface area contributed by atoms with Crippen LogP contribution in [0.5, 0.6) is 0 Å². The first kappa shape index (κ1) is 15.5. The lowest BCUT2D eigenvalue weighted by molar-refractivity contribution is 0.189. The second-order valence-electron chi connectivity index (χ2n) is 4.80. The molecule has 82 valence electrons. The van der Waals surface area contributed by atoms with E-state index >= 15 is 0 Å². The number of rotatable bonds is 1. The molecule has 2 aliphatic rings. The highest BCUT2D eigenvalue weighted by Gasteiger charge is 2.55. The smallest absolute Gasteiger partial charge is 0.0272 e. The molecule has 0 aromatic heterocycles. The van der Waals surface area contributed by atoms with Gasteiger partial charge in [-0.1, -0.05) is 43.1 Å². The molecule has 0 amide bonds. The molecule has 0 radical (unpaired) electrons. The zero-order valence-corrected chi connectivity index (χ0v) is 7.35. The summed E-state index contributed by atoms with van der Waals surface area (Å²) in [5, 5.41) is 0. The van der Waals surface area contributed by atoms with Crippen LogP contribution >= 0.6 is 0 Å². The maximum absolute atomic E-state index is 2.50. The fourth-order valence-corrected chi connectivity index (χ4v) is 2.77. The van der Waals surface area contributed by atoms with Crippen molar-refractivity contribution in [2.45, 2.75) is 62.3 Å². The predicted octanol–water partition coefficient (Wildman–Crippen LogP) is 4.99. The van der Waals surface area contributed by atoms with Crippen LogP contribution in [0, 0.1) is 23.2 Å². The van der Waals surface area contributed by atoms with Crippen LogP contribution in [0.25, 0.3) is 0 Å². The van der Waals surface area contributed by atoms with Crippen LogP contribution < -0.4 is 0 Å². The van der Waals surface area contributed by atoms with Gasteiger partial charge in [0.15, 0.2) is 0 Å². The molecule has 2 fully saturated rings. The van der Waals surface area contributed by atoms with E-state index < -0.39 is 0 Å². The molecule has 2 rings (SSSR count).